The van der Waals surface area contributed by atoms with Crippen molar-refractivity contribution in [1.29, 1.82) is 0 Å². The fourth-order valence-corrected chi connectivity index (χ4v) is 0.926. The fraction of sp³-hybridized carbons (Fsp3) is 0.778. The second-order valence-corrected chi connectivity index (χ2v) is 3.12. The molecule has 0 saturated heterocycles. The van der Waals surface area contributed by atoms with Gasteiger partial charge in [-0.05, 0) is 6.92 Å². The number of aliphatic carboxylic acids is 1. The molecule has 0 fully saturated rings. The smallest absolute Gasteiger partial charge is 0.329 e. The molecule has 6 nitrogen and oxygen atoms in total. The summed E-state index contributed by atoms with van der Waals surface area (Å²) in [6.07, 6.45) is 0. The van der Waals surface area contributed by atoms with Crippen LogP contribution in [-0.4, -0.2) is 49.5 Å². The minimum Gasteiger partial charge on any atom is -0.480 e. The lowest BCUT2D eigenvalue weighted by molar-refractivity contribution is -0.142. The summed E-state index contributed by atoms with van der Waals surface area (Å²) in [5, 5.41) is 10.9. The highest BCUT2D eigenvalue weighted by Gasteiger charge is 2.02. The van der Waals surface area contributed by atoms with E-state index in [-0.39, 0.29) is 25.2 Å². The number of rotatable bonds is 8. The Morgan fingerprint density at radius 1 is 1.33 bits per heavy atom. The molecule has 0 bridgehead atoms. The number of hydrogen-bond acceptors (Lipinski definition) is 4. The quantitative estimate of drug-likeness (QED) is 0.544. The molecule has 1 amide bonds. The van der Waals surface area contributed by atoms with Crippen LogP contribution in [0.15, 0.2) is 0 Å². The van der Waals surface area contributed by atoms with Gasteiger partial charge in [-0.25, -0.2) is 4.79 Å². The van der Waals surface area contributed by atoms with Crippen LogP contribution in [0.2, 0.25) is 0 Å². The Hall–Kier alpha value is -1.14. The van der Waals surface area contributed by atoms with Crippen molar-refractivity contribution in [1.82, 2.24) is 5.32 Å². The molecular weight excluding hydrogens is 202 g/mol. The maximum absolute atomic E-state index is 10.6. The SMILES string of the molecule is CC(=O)NC(C)COCCOCC(=O)O. The number of carbonyl (C=O) groups is 2. The van der Waals surface area contributed by atoms with Gasteiger partial charge >= 0.3 is 5.97 Å². The van der Waals surface area contributed by atoms with Gasteiger partial charge in [0.1, 0.15) is 6.61 Å². The fourth-order valence-electron chi connectivity index (χ4n) is 0.926. The van der Waals surface area contributed by atoms with Crippen LogP contribution in [0.4, 0.5) is 0 Å². The van der Waals surface area contributed by atoms with E-state index in [9.17, 15) is 9.59 Å². The zero-order valence-corrected chi connectivity index (χ0v) is 8.99. The molecule has 15 heavy (non-hydrogen) atoms. The first-order valence-electron chi connectivity index (χ1n) is 4.66. The predicted octanol–water partition coefficient (Wildman–Crippen LogP) is -0.371. The van der Waals surface area contributed by atoms with Gasteiger partial charge in [-0.3, -0.25) is 4.79 Å². The average Bonchev–Trinajstić information content (AvgIpc) is 2.09. The van der Waals surface area contributed by atoms with E-state index in [1.807, 2.05) is 6.92 Å². The maximum Gasteiger partial charge on any atom is 0.329 e. The van der Waals surface area contributed by atoms with Gasteiger partial charge in [0.25, 0.3) is 0 Å². The van der Waals surface area contributed by atoms with Crippen molar-refractivity contribution >= 4 is 11.9 Å². The molecule has 1 atom stereocenters. The number of carboxylic acid groups (broad SMARTS) is 1. The van der Waals surface area contributed by atoms with E-state index >= 15 is 0 Å². The van der Waals surface area contributed by atoms with Crippen molar-refractivity contribution in [2.75, 3.05) is 26.4 Å². The molecule has 1 unspecified atom stereocenters. The van der Waals surface area contributed by atoms with Crippen molar-refractivity contribution in [3.05, 3.63) is 0 Å². The Kier molecular flexibility index (Phi) is 7.57. The third-order valence-electron chi connectivity index (χ3n) is 1.42. The lowest BCUT2D eigenvalue weighted by atomic mass is 10.3. The predicted molar refractivity (Wildman–Crippen MR) is 52.6 cm³/mol. The summed E-state index contributed by atoms with van der Waals surface area (Å²) in [5.41, 5.74) is 0. The lowest BCUT2D eigenvalue weighted by Crippen LogP contribution is -2.34. The van der Waals surface area contributed by atoms with Crippen molar-refractivity contribution < 1.29 is 24.2 Å². The minimum atomic E-state index is -0.999. The second kappa shape index (κ2) is 8.19. The Labute approximate surface area is 88.6 Å². The van der Waals surface area contributed by atoms with E-state index < -0.39 is 5.97 Å². The van der Waals surface area contributed by atoms with E-state index in [1.165, 1.54) is 6.92 Å². The van der Waals surface area contributed by atoms with Crippen molar-refractivity contribution in [2.45, 2.75) is 19.9 Å². The third kappa shape index (κ3) is 10.8. The molecule has 0 aromatic heterocycles. The van der Waals surface area contributed by atoms with Crippen LogP contribution in [0.5, 0.6) is 0 Å². The van der Waals surface area contributed by atoms with E-state index in [1.54, 1.807) is 0 Å². The Morgan fingerprint density at radius 2 is 1.93 bits per heavy atom. The summed E-state index contributed by atoms with van der Waals surface area (Å²) in [4.78, 5) is 20.7. The average molecular weight is 219 g/mol. The maximum atomic E-state index is 10.6. The number of nitrogens with one attached hydrogen (secondary N) is 1. The highest BCUT2D eigenvalue weighted by molar-refractivity contribution is 5.73. The molecular formula is C9H17NO5. The second-order valence-electron chi connectivity index (χ2n) is 3.12. The molecule has 0 aliphatic heterocycles. The molecule has 6 heteroatoms. The zero-order chi connectivity index (χ0) is 11.7. The van der Waals surface area contributed by atoms with Gasteiger partial charge in [-0.1, -0.05) is 0 Å². The number of carboxylic acids is 1. The number of hydrogen-bond donors (Lipinski definition) is 2. The van der Waals surface area contributed by atoms with Gasteiger partial charge in [0, 0.05) is 13.0 Å². The largest absolute Gasteiger partial charge is 0.480 e. The first kappa shape index (κ1) is 13.9. The van der Waals surface area contributed by atoms with Crippen LogP contribution in [-0.2, 0) is 19.1 Å². The molecule has 0 radical (unpaired) electrons. The summed E-state index contributed by atoms with van der Waals surface area (Å²) in [5.74, 6) is -1.10. The van der Waals surface area contributed by atoms with Crippen LogP contribution >= 0.6 is 0 Å². The van der Waals surface area contributed by atoms with Crippen LogP contribution in [0, 0.1) is 0 Å². The van der Waals surface area contributed by atoms with E-state index in [0.717, 1.165) is 0 Å². The van der Waals surface area contributed by atoms with Crippen molar-refractivity contribution in [2.24, 2.45) is 0 Å². The van der Waals surface area contributed by atoms with Crippen molar-refractivity contribution in [3.8, 4) is 0 Å². The van der Waals surface area contributed by atoms with Gasteiger partial charge in [0.15, 0.2) is 0 Å². The number of amides is 1. The van der Waals surface area contributed by atoms with E-state index in [4.69, 9.17) is 14.6 Å². The molecule has 0 aliphatic carbocycles. The number of carbonyl (C=O) groups excluding carboxylic acids is 1. The van der Waals surface area contributed by atoms with Crippen LogP contribution in [0.3, 0.4) is 0 Å². The lowest BCUT2D eigenvalue weighted by Gasteiger charge is -2.12. The summed E-state index contributed by atoms with van der Waals surface area (Å²) in [6, 6.07) is -0.0537. The summed E-state index contributed by atoms with van der Waals surface area (Å²) < 4.78 is 9.89. The Balaban J connectivity index is 3.23. The van der Waals surface area contributed by atoms with Crippen LogP contribution in [0.25, 0.3) is 0 Å². The number of ether oxygens (including phenoxy) is 2. The van der Waals surface area contributed by atoms with E-state index in [0.29, 0.717) is 13.2 Å². The molecule has 88 valence electrons. The third-order valence-corrected chi connectivity index (χ3v) is 1.42. The van der Waals surface area contributed by atoms with Gasteiger partial charge < -0.3 is 19.9 Å². The topological polar surface area (TPSA) is 84.9 Å². The minimum absolute atomic E-state index is 0.0537. The molecule has 0 spiro atoms. The molecule has 0 heterocycles. The van der Waals surface area contributed by atoms with Crippen molar-refractivity contribution in [3.63, 3.8) is 0 Å². The molecule has 0 rings (SSSR count). The highest BCUT2D eigenvalue weighted by Crippen LogP contribution is 1.85. The normalized spacial score (nSPS) is 12.1. The molecule has 0 aliphatic rings. The Morgan fingerprint density at radius 3 is 2.47 bits per heavy atom. The van der Waals surface area contributed by atoms with Gasteiger partial charge in [-0.2, -0.15) is 0 Å². The molecule has 0 aromatic carbocycles. The standard InChI is InChI=1S/C9H17NO5/c1-7(10-8(2)11)5-14-3-4-15-6-9(12)13/h7H,3-6H2,1-2H3,(H,10,11)(H,12,13). The van der Waals surface area contributed by atoms with Crippen LogP contribution in [0.1, 0.15) is 13.8 Å². The summed E-state index contributed by atoms with van der Waals surface area (Å²) in [7, 11) is 0. The molecule has 2 N–H and O–H groups in total. The first-order chi connectivity index (χ1) is 7.02. The van der Waals surface area contributed by atoms with Gasteiger partial charge in [0.05, 0.1) is 19.8 Å². The van der Waals surface area contributed by atoms with Crippen LogP contribution < -0.4 is 5.32 Å². The molecule has 0 aromatic rings. The summed E-state index contributed by atoms with van der Waals surface area (Å²) >= 11 is 0. The van der Waals surface area contributed by atoms with Gasteiger partial charge in [-0.15, -0.1) is 0 Å². The molecule has 0 saturated carbocycles. The monoisotopic (exact) mass is 219 g/mol. The Bertz CT molecular complexity index is 207. The zero-order valence-electron chi connectivity index (χ0n) is 8.99. The van der Waals surface area contributed by atoms with Gasteiger partial charge in [0.2, 0.25) is 5.91 Å². The first-order valence-corrected chi connectivity index (χ1v) is 4.66. The summed E-state index contributed by atoms with van der Waals surface area (Å²) in [6.45, 7) is 3.88. The van der Waals surface area contributed by atoms with E-state index in [2.05, 4.69) is 5.32 Å². The highest BCUT2D eigenvalue weighted by atomic mass is 16.5.